The third-order valence-electron chi connectivity index (χ3n) is 1.21. The summed E-state index contributed by atoms with van der Waals surface area (Å²) in [6, 6.07) is 0. The van der Waals surface area contributed by atoms with Crippen molar-refractivity contribution in [1.82, 2.24) is 5.43 Å². The molecular weight excluding hydrogens is 156 g/mol. The Morgan fingerprint density at radius 2 is 2.33 bits per heavy atom. The Morgan fingerprint density at radius 3 is 2.83 bits per heavy atom. The maximum absolute atomic E-state index is 10.2. The molecule has 0 aromatic carbocycles. The van der Waals surface area contributed by atoms with Crippen molar-refractivity contribution in [1.29, 1.82) is 0 Å². The molecule has 0 aliphatic heterocycles. The molecule has 0 bridgehead atoms. The smallest absolute Gasteiger partial charge is 0.351 e. The Hall–Kier alpha value is -1.32. The molecule has 0 amide bonds. The molecule has 0 atom stereocenters. The molecular formula is C8H14N2O2. The molecule has 0 saturated heterocycles. The van der Waals surface area contributed by atoms with E-state index in [1.54, 1.807) is 0 Å². The van der Waals surface area contributed by atoms with Gasteiger partial charge in [-0.1, -0.05) is 12.2 Å². The van der Waals surface area contributed by atoms with E-state index in [-0.39, 0.29) is 5.71 Å². The van der Waals surface area contributed by atoms with Crippen LogP contribution in [0.25, 0.3) is 0 Å². The summed E-state index contributed by atoms with van der Waals surface area (Å²) >= 11 is 0. The fourth-order valence-corrected chi connectivity index (χ4v) is 0.537. The first-order chi connectivity index (χ1) is 5.68. The third kappa shape index (κ3) is 5.46. The van der Waals surface area contributed by atoms with Crippen LogP contribution in [-0.4, -0.2) is 23.3 Å². The van der Waals surface area contributed by atoms with Crippen molar-refractivity contribution in [2.45, 2.75) is 20.3 Å². The summed E-state index contributed by atoms with van der Waals surface area (Å²) in [5.74, 6) is -0.992. The maximum atomic E-state index is 10.2. The molecule has 0 saturated carbocycles. The van der Waals surface area contributed by atoms with E-state index in [0.29, 0.717) is 6.54 Å². The zero-order valence-electron chi connectivity index (χ0n) is 7.37. The van der Waals surface area contributed by atoms with Gasteiger partial charge in [-0.05, 0) is 20.3 Å². The highest BCUT2D eigenvalue weighted by Gasteiger charge is 1.99. The van der Waals surface area contributed by atoms with E-state index in [4.69, 9.17) is 5.11 Å². The normalized spacial score (nSPS) is 12.0. The second-order valence-corrected chi connectivity index (χ2v) is 2.27. The molecule has 4 heteroatoms. The predicted molar refractivity (Wildman–Crippen MR) is 48.2 cm³/mol. The van der Waals surface area contributed by atoms with Gasteiger partial charge in [0, 0.05) is 6.54 Å². The van der Waals surface area contributed by atoms with Crippen molar-refractivity contribution in [3.05, 3.63) is 12.2 Å². The van der Waals surface area contributed by atoms with Gasteiger partial charge in [0.25, 0.3) is 0 Å². The van der Waals surface area contributed by atoms with E-state index >= 15 is 0 Å². The summed E-state index contributed by atoms with van der Waals surface area (Å²) in [5, 5.41) is 12.0. The van der Waals surface area contributed by atoms with Crippen LogP contribution in [0.4, 0.5) is 0 Å². The first kappa shape index (κ1) is 10.7. The Balaban J connectivity index is 3.53. The summed E-state index contributed by atoms with van der Waals surface area (Å²) in [5.41, 5.74) is 2.74. The highest BCUT2D eigenvalue weighted by Crippen LogP contribution is 1.80. The number of aliphatic carboxylic acids is 1. The van der Waals surface area contributed by atoms with Crippen molar-refractivity contribution in [3.63, 3.8) is 0 Å². The number of hydrazone groups is 1. The number of carboxylic acid groups (broad SMARTS) is 1. The number of nitrogens with one attached hydrogen (secondary N) is 1. The summed E-state index contributed by atoms with van der Waals surface area (Å²) in [7, 11) is 0. The summed E-state index contributed by atoms with van der Waals surface area (Å²) in [4.78, 5) is 10.2. The van der Waals surface area contributed by atoms with E-state index in [9.17, 15) is 4.79 Å². The number of allylic oxidation sites excluding steroid dienone is 1. The monoisotopic (exact) mass is 170 g/mol. The molecule has 0 fully saturated rings. The SMILES string of the molecule is CC=CCCNN=C(C)C(=O)O. The minimum absolute atomic E-state index is 0.0791. The van der Waals surface area contributed by atoms with Gasteiger partial charge in [0.05, 0.1) is 0 Å². The molecule has 0 unspecified atom stereocenters. The molecule has 2 N–H and O–H groups in total. The van der Waals surface area contributed by atoms with E-state index in [0.717, 1.165) is 6.42 Å². The van der Waals surface area contributed by atoms with Crippen molar-refractivity contribution in [2.75, 3.05) is 6.54 Å². The molecule has 12 heavy (non-hydrogen) atoms. The fourth-order valence-electron chi connectivity index (χ4n) is 0.537. The number of hydrogen-bond acceptors (Lipinski definition) is 3. The number of carbonyl (C=O) groups is 1. The number of hydrogen-bond donors (Lipinski definition) is 2. The van der Waals surface area contributed by atoms with Gasteiger partial charge in [-0.25, -0.2) is 4.79 Å². The maximum Gasteiger partial charge on any atom is 0.351 e. The van der Waals surface area contributed by atoms with Crippen LogP contribution in [0.2, 0.25) is 0 Å². The quantitative estimate of drug-likeness (QED) is 0.280. The van der Waals surface area contributed by atoms with Crippen LogP contribution in [-0.2, 0) is 4.79 Å². The lowest BCUT2D eigenvalue weighted by Crippen LogP contribution is -2.15. The van der Waals surface area contributed by atoms with Gasteiger partial charge in [0.1, 0.15) is 5.71 Å². The predicted octanol–water partition coefficient (Wildman–Crippen LogP) is 1.00. The van der Waals surface area contributed by atoms with Gasteiger partial charge in [0.2, 0.25) is 0 Å². The number of rotatable bonds is 5. The van der Waals surface area contributed by atoms with E-state index in [2.05, 4.69) is 10.5 Å². The lowest BCUT2D eigenvalue weighted by atomic mass is 10.4. The minimum atomic E-state index is -0.992. The zero-order valence-corrected chi connectivity index (χ0v) is 7.37. The summed E-state index contributed by atoms with van der Waals surface area (Å²) in [6.45, 7) is 4.05. The molecule has 0 aliphatic carbocycles. The highest BCUT2D eigenvalue weighted by molar-refractivity contribution is 6.34. The van der Waals surface area contributed by atoms with Crippen LogP contribution < -0.4 is 5.43 Å². The molecule has 0 spiro atoms. The van der Waals surface area contributed by atoms with Gasteiger partial charge in [-0.3, -0.25) is 0 Å². The molecule has 68 valence electrons. The van der Waals surface area contributed by atoms with Crippen molar-refractivity contribution >= 4 is 11.7 Å². The Labute approximate surface area is 72.0 Å². The Bertz CT molecular complexity index is 197. The average molecular weight is 170 g/mol. The van der Waals surface area contributed by atoms with Crippen molar-refractivity contribution in [2.24, 2.45) is 5.10 Å². The molecule has 0 aliphatic rings. The second-order valence-electron chi connectivity index (χ2n) is 2.27. The largest absolute Gasteiger partial charge is 0.477 e. The van der Waals surface area contributed by atoms with E-state index < -0.39 is 5.97 Å². The van der Waals surface area contributed by atoms with Gasteiger partial charge in [0.15, 0.2) is 0 Å². The van der Waals surface area contributed by atoms with E-state index in [1.807, 2.05) is 19.1 Å². The number of nitrogens with zero attached hydrogens (tertiary/aromatic N) is 1. The summed E-state index contributed by atoms with van der Waals surface area (Å²) in [6.07, 6.45) is 4.78. The van der Waals surface area contributed by atoms with Crippen LogP contribution in [0, 0.1) is 0 Å². The standard InChI is InChI=1S/C8H14N2O2/c1-3-4-5-6-9-10-7(2)8(11)12/h3-4,9H,5-6H2,1-2H3,(H,11,12). The van der Waals surface area contributed by atoms with Gasteiger partial charge < -0.3 is 10.5 Å². The van der Waals surface area contributed by atoms with Crippen molar-refractivity contribution < 1.29 is 9.90 Å². The molecule has 4 nitrogen and oxygen atoms in total. The third-order valence-corrected chi connectivity index (χ3v) is 1.21. The fraction of sp³-hybridized carbons (Fsp3) is 0.500. The summed E-state index contributed by atoms with van der Waals surface area (Å²) < 4.78 is 0. The number of carboxylic acids is 1. The van der Waals surface area contributed by atoms with Crippen LogP contribution >= 0.6 is 0 Å². The van der Waals surface area contributed by atoms with Crippen LogP contribution in [0.3, 0.4) is 0 Å². The highest BCUT2D eigenvalue weighted by atomic mass is 16.4. The Morgan fingerprint density at radius 1 is 1.67 bits per heavy atom. The second kappa shape index (κ2) is 6.39. The van der Waals surface area contributed by atoms with Gasteiger partial charge >= 0.3 is 5.97 Å². The topological polar surface area (TPSA) is 61.7 Å². The lowest BCUT2D eigenvalue weighted by Gasteiger charge is -1.96. The van der Waals surface area contributed by atoms with Crippen LogP contribution in [0.15, 0.2) is 17.3 Å². The van der Waals surface area contributed by atoms with Gasteiger partial charge in [-0.2, -0.15) is 5.10 Å². The zero-order chi connectivity index (χ0) is 9.40. The molecule has 0 aromatic heterocycles. The molecule has 0 rings (SSSR count). The first-order valence-electron chi connectivity index (χ1n) is 3.80. The molecule has 0 radical (unpaired) electrons. The van der Waals surface area contributed by atoms with Crippen molar-refractivity contribution in [3.8, 4) is 0 Å². The van der Waals surface area contributed by atoms with Crippen LogP contribution in [0.1, 0.15) is 20.3 Å². The molecule has 0 aromatic rings. The van der Waals surface area contributed by atoms with Crippen LogP contribution in [0.5, 0.6) is 0 Å². The van der Waals surface area contributed by atoms with Gasteiger partial charge in [-0.15, -0.1) is 0 Å². The van der Waals surface area contributed by atoms with E-state index in [1.165, 1.54) is 6.92 Å². The lowest BCUT2D eigenvalue weighted by molar-refractivity contribution is -0.129. The average Bonchev–Trinajstić information content (AvgIpc) is 2.03. The minimum Gasteiger partial charge on any atom is -0.477 e. The molecule has 0 heterocycles. The Kier molecular flexibility index (Phi) is 5.69. The first-order valence-corrected chi connectivity index (χ1v) is 3.80.